The highest BCUT2D eigenvalue weighted by molar-refractivity contribution is 6.34. The molecule has 0 saturated heterocycles. The summed E-state index contributed by atoms with van der Waals surface area (Å²) in [6.07, 6.45) is 0. The molecule has 2 rings (SSSR count). The van der Waals surface area contributed by atoms with Gasteiger partial charge in [-0.3, -0.25) is 4.79 Å². The maximum atomic E-state index is 11.8. The first-order valence-corrected chi connectivity index (χ1v) is 6.85. The van der Waals surface area contributed by atoms with Gasteiger partial charge in [0, 0.05) is 21.8 Å². The summed E-state index contributed by atoms with van der Waals surface area (Å²) in [6.45, 7) is -0.145. The molecule has 1 N–H and O–H groups in total. The number of carbonyl (C=O) groups excluding carboxylic acids is 1. The molecular formula is C15H13Cl2NO3. The third-order valence-corrected chi connectivity index (χ3v) is 3.00. The minimum atomic E-state index is -0.292. The summed E-state index contributed by atoms with van der Waals surface area (Å²) in [6, 6.07) is 11.8. The Labute approximate surface area is 132 Å². The molecule has 1 amide bonds. The fraction of sp³-hybridized carbons (Fsp3) is 0.133. The summed E-state index contributed by atoms with van der Waals surface area (Å²) in [7, 11) is 1.56. The molecule has 0 radical (unpaired) electrons. The molecule has 4 nitrogen and oxygen atoms in total. The SMILES string of the molecule is COc1cccc(NC(=O)COc2cc(Cl)cc(Cl)c2)c1. The average Bonchev–Trinajstić information content (AvgIpc) is 2.44. The second kappa shape index (κ2) is 7.20. The molecule has 110 valence electrons. The summed E-state index contributed by atoms with van der Waals surface area (Å²) in [4.78, 5) is 11.8. The van der Waals surface area contributed by atoms with Gasteiger partial charge in [-0.1, -0.05) is 29.3 Å². The van der Waals surface area contributed by atoms with Crippen molar-refractivity contribution in [2.75, 3.05) is 19.0 Å². The normalized spacial score (nSPS) is 10.0. The number of hydrogen-bond donors (Lipinski definition) is 1. The molecular weight excluding hydrogens is 313 g/mol. The van der Waals surface area contributed by atoms with Gasteiger partial charge in [0.25, 0.3) is 5.91 Å². The zero-order chi connectivity index (χ0) is 15.2. The number of carbonyl (C=O) groups is 1. The monoisotopic (exact) mass is 325 g/mol. The van der Waals surface area contributed by atoms with Gasteiger partial charge in [0.15, 0.2) is 6.61 Å². The van der Waals surface area contributed by atoms with E-state index in [2.05, 4.69) is 5.32 Å². The first-order chi connectivity index (χ1) is 10.1. The van der Waals surface area contributed by atoms with Crippen molar-refractivity contribution in [1.82, 2.24) is 0 Å². The third-order valence-electron chi connectivity index (χ3n) is 2.56. The third kappa shape index (κ3) is 4.85. The highest BCUT2D eigenvalue weighted by atomic mass is 35.5. The van der Waals surface area contributed by atoms with Gasteiger partial charge >= 0.3 is 0 Å². The highest BCUT2D eigenvalue weighted by Crippen LogP contribution is 2.24. The van der Waals surface area contributed by atoms with Crippen LogP contribution in [0.4, 0.5) is 5.69 Å². The van der Waals surface area contributed by atoms with E-state index < -0.39 is 0 Å². The number of amides is 1. The molecule has 0 saturated carbocycles. The van der Waals surface area contributed by atoms with Crippen LogP contribution in [0.2, 0.25) is 10.0 Å². The van der Waals surface area contributed by atoms with Gasteiger partial charge in [0.1, 0.15) is 11.5 Å². The van der Waals surface area contributed by atoms with Crippen molar-refractivity contribution >= 4 is 34.8 Å². The quantitative estimate of drug-likeness (QED) is 0.903. The van der Waals surface area contributed by atoms with Crippen molar-refractivity contribution in [3.05, 3.63) is 52.5 Å². The van der Waals surface area contributed by atoms with E-state index in [1.54, 1.807) is 49.6 Å². The van der Waals surface area contributed by atoms with Crippen LogP contribution < -0.4 is 14.8 Å². The van der Waals surface area contributed by atoms with Gasteiger partial charge in [0.05, 0.1) is 7.11 Å². The highest BCUT2D eigenvalue weighted by Gasteiger charge is 2.06. The lowest BCUT2D eigenvalue weighted by Gasteiger charge is -2.09. The van der Waals surface area contributed by atoms with E-state index in [0.717, 1.165) is 0 Å². The Bertz CT molecular complexity index is 626. The van der Waals surface area contributed by atoms with Crippen LogP contribution >= 0.6 is 23.2 Å². The predicted octanol–water partition coefficient (Wildman–Crippen LogP) is 4.02. The van der Waals surface area contributed by atoms with Crippen LogP contribution in [0.3, 0.4) is 0 Å². The minimum absolute atomic E-state index is 0.145. The first-order valence-electron chi connectivity index (χ1n) is 6.09. The second-order valence-corrected chi connectivity index (χ2v) is 5.05. The standard InChI is InChI=1S/C15H13Cl2NO3/c1-20-13-4-2-3-12(8-13)18-15(19)9-21-14-6-10(16)5-11(17)7-14/h2-8H,9H2,1H3,(H,18,19). The van der Waals surface area contributed by atoms with Crippen LogP contribution in [0.15, 0.2) is 42.5 Å². The number of hydrogen-bond acceptors (Lipinski definition) is 3. The molecule has 0 unspecified atom stereocenters. The number of nitrogens with one attached hydrogen (secondary N) is 1. The van der Waals surface area contributed by atoms with Gasteiger partial charge in [-0.05, 0) is 30.3 Å². The van der Waals surface area contributed by atoms with Gasteiger partial charge in [0.2, 0.25) is 0 Å². The van der Waals surface area contributed by atoms with E-state index in [0.29, 0.717) is 27.2 Å². The molecule has 0 atom stereocenters. The molecule has 6 heteroatoms. The fourth-order valence-corrected chi connectivity index (χ4v) is 2.16. The lowest BCUT2D eigenvalue weighted by molar-refractivity contribution is -0.118. The molecule has 2 aromatic carbocycles. The lowest BCUT2D eigenvalue weighted by atomic mass is 10.3. The van der Waals surface area contributed by atoms with Gasteiger partial charge in [-0.15, -0.1) is 0 Å². The molecule has 2 aromatic rings. The molecule has 0 fully saturated rings. The van der Waals surface area contributed by atoms with Crippen molar-refractivity contribution in [2.24, 2.45) is 0 Å². The van der Waals surface area contributed by atoms with Crippen molar-refractivity contribution in [3.63, 3.8) is 0 Å². The van der Waals surface area contributed by atoms with E-state index in [-0.39, 0.29) is 12.5 Å². The topological polar surface area (TPSA) is 47.6 Å². The number of rotatable bonds is 5. The Balaban J connectivity index is 1.92. The molecule has 0 aliphatic carbocycles. The van der Waals surface area contributed by atoms with Crippen molar-refractivity contribution < 1.29 is 14.3 Å². The van der Waals surface area contributed by atoms with E-state index in [9.17, 15) is 4.79 Å². The summed E-state index contributed by atoms with van der Waals surface area (Å²) in [5.41, 5.74) is 0.632. The molecule has 0 aromatic heterocycles. The number of methoxy groups -OCH3 is 1. The number of benzene rings is 2. The van der Waals surface area contributed by atoms with Gasteiger partial charge in [-0.25, -0.2) is 0 Å². The Kier molecular flexibility index (Phi) is 5.31. The van der Waals surface area contributed by atoms with Gasteiger partial charge in [-0.2, -0.15) is 0 Å². The van der Waals surface area contributed by atoms with E-state index in [1.165, 1.54) is 0 Å². The number of halogens is 2. The maximum Gasteiger partial charge on any atom is 0.262 e. The molecule has 0 aliphatic rings. The van der Waals surface area contributed by atoms with E-state index in [1.807, 2.05) is 0 Å². The minimum Gasteiger partial charge on any atom is -0.497 e. The van der Waals surface area contributed by atoms with Crippen LogP contribution in [-0.4, -0.2) is 19.6 Å². The summed E-state index contributed by atoms with van der Waals surface area (Å²) in [5, 5.41) is 3.61. The summed E-state index contributed by atoms with van der Waals surface area (Å²) in [5.74, 6) is 0.808. The zero-order valence-electron chi connectivity index (χ0n) is 11.2. The molecule has 0 bridgehead atoms. The second-order valence-electron chi connectivity index (χ2n) is 4.17. The number of anilines is 1. The Morgan fingerprint density at radius 2 is 1.81 bits per heavy atom. The van der Waals surface area contributed by atoms with Crippen LogP contribution in [0.1, 0.15) is 0 Å². The van der Waals surface area contributed by atoms with E-state index in [4.69, 9.17) is 32.7 Å². The van der Waals surface area contributed by atoms with Crippen LogP contribution in [0, 0.1) is 0 Å². The Hall–Kier alpha value is -1.91. The van der Waals surface area contributed by atoms with Crippen molar-refractivity contribution in [2.45, 2.75) is 0 Å². The molecule has 21 heavy (non-hydrogen) atoms. The summed E-state index contributed by atoms with van der Waals surface area (Å²) < 4.78 is 10.4. The number of ether oxygens (including phenoxy) is 2. The van der Waals surface area contributed by atoms with Crippen LogP contribution in [0.5, 0.6) is 11.5 Å². The molecule has 0 heterocycles. The molecule has 0 aliphatic heterocycles. The zero-order valence-corrected chi connectivity index (χ0v) is 12.7. The van der Waals surface area contributed by atoms with Crippen LogP contribution in [-0.2, 0) is 4.79 Å². The predicted molar refractivity (Wildman–Crippen MR) is 83.6 cm³/mol. The van der Waals surface area contributed by atoms with Crippen molar-refractivity contribution in [3.8, 4) is 11.5 Å². The van der Waals surface area contributed by atoms with Crippen LogP contribution in [0.25, 0.3) is 0 Å². The van der Waals surface area contributed by atoms with Crippen molar-refractivity contribution in [1.29, 1.82) is 0 Å². The summed E-state index contributed by atoms with van der Waals surface area (Å²) >= 11 is 11.7. The lowest BCUT2D eigenvalue weighted by Crippen LogP contribution is -2.20. The largest absolute Gasteiger partial charge is 0.497 e. The fourth-order valence-electron chi connectivity index (χ4n) is 1.66. The Morgan fingerprint density at radius 1 is 1.10 bits per heavy atom. The van der Waals surface area contributed by atoms with E-state index >= 15 is 0 Å². The van der Waals surface area contributed by atoms with Gasteiger partial charge < -0.3 is 14.8 Å². The first kappa shape index (κ1) is 15.5. The smallest absolute Gasteiger partial charge is 0.262 e. The Morgan fingerprint density at radius 3 is 2.48 bits per heavy atom. The average molecular weight is 326 g/mol. The maximum absolute atomic E-state index is 11.8. The molecule has 0 spiro atoms.